The van der Waals surface area contributed by atoms with Crippen LogP contribution in [0.1, 0.15) is 75.1 Å². The Bertz CT molecular complexity index is 419. The fourth-order valence-corrected chi connectivity index (χ4v) is 3.62. The first-order valence-electron chi connectivity index (χ1n) is 9.04. The third-order valence-corrected chi connectivity index (χ3v) is 5.01. The van der Waals surface area contributed by atoms with E-state index in [4.69, 9.17) is 0 Å². The Hall–Kier alpha value is -0.420. The van der Waals surface area contributed by atoms with Crippen LogP contribution in [0.3, 0.4) is 0 Å². The second kappa shape index (κ2) is 12.9. The summed E-state index contributed by atoms with van der Waals surface area (Å²) in [7, 11) is 0. The van der Waals surface area contributed by atoms with E-state index in [1.165, 1.54) is 32.1 Å². The zero-order chi connectivity index (χ0) is 16.9. The molecule has 0 radical (unpaired) electrons. The van der Waals surface area contributed by atoms with Gasteiger partial charge in [0.2, 0.25) is 0 Å². The Labute approximate surface area is 155 Å². The van der Waals surface area contributed by atoms with E-state index in [1.54, 1.807) is 0 Å². The second-order valence-corrected chi connectivity index (χ2v) is 7.37. The van der Waals surface area contributed by atoms with Crippen LogP contribution in [-0.4, -0.2) is 21.4 Å². The van der Waals surface area contributed by atoms with Gasteiger partial charge in [-0.15, -0.1) is 0 Å². The Morgan fingerprint density at radius 3 is 2.22 bits per heavy atom. The first-order valence-corrected chi connectivity index (χ1v) is 10.6. The lowest BCUT2D eigenvalue weighted by Gasteiger charge is -2.21. The molecule has 3 heteroatoms. The number of ketones is 1. The minimum Gasteiger partial charge on any atom is -0.392 e. The molecule has 0 amide bonds. The SMILES string of the molecule is CCCCCCCCC[C@H](O)[C@@H](CCI)C(=O)c1ccccc1. The summed E-state index contributed by atoms with van der Waals surface area (Å²) in [5.74, 6) is -0.160. The monoisotopic (exact) mass is 430 g/mol. The van der Waals surface area contributed by atoms with Crippen molar-refractivity contribution in [2.24, 2.45) is 5.92 Å². The largest absolute Gasteiger partial charge is 0.392 e. The first-order chi connectivity index (χ1) is 11.2. The Morgan fingerprint density at radius 2 is 1.61 bits per heavy atom. The third kappa shape index (κ3) is 8.30. The van der Waals surface area contributed by atoms with Gasteiger partial charge in [-0.1, -0.05) is 105 Å². The van der Waals surface area contributed by atoms with Crippen molar-refractivity contribution in [2.75, 3.05) is 4.43 Å². The van der Waals surface area contributed by atoms with Crippen molar-refractivity contribution in [3.8, 4) is 0 Å². The Kier molecular flexibility index (Phi) is 11.6. The van der Waals surface area contributed by atoms with E-state index < -0.39 is 6.10 Å². The van der Waals surface area contributed by atoms with Gasteiger partial charge in [-0.25, -0.2) is 0 Å². The number of alkyl halides is 1. The van der Waals surface area contributed by atoms with Gasteiger partial charge in [-0.05, 0) is 12.8 Å². The second-order valence-electron chi connectivity index (χ2n) is 6.29. The number of carbonyl (C=O) groups excluding carboxylic acids is 1. The number of hydrogen-bond acceptors (Lipinski definition) is 2. The highest BCUT2D eigenvalue weighted by atomic mass is 127. The van der Waals surface area contributed by atoms with E-state index in [-0.39, 0.29) is 11.7 Å². The molecule has 0 unspecified atom stereocenters. The van der Waals surface area contributed by atoms with Crippen LogP contribution < -0.4 is 0 Å². The van der Waals surface area contributed by atoms with E-state index >= 15 is 0 Å². The highest BCUT2D eigenvalue weighted by molar-refractivity contribution is 14.1. The lowest BCUT2D eigenvalue weighted by atomic mass is 9.87. The van der Waals surface area contributed by atoms with Gasteiger partial charge in [-0.3, -0.25) is 4.79 Å². The minimum absolute atomic E-state index is 0.0951. The van der Waals surface area contributed by atoms with Crippen molar-refractivity contribution in [1.29, 1.82) is 0 Å². The molecule has 1 rings (SSSR count). The molecule has 130 valence electrons. The predicted octanol–water partition coefficient (Wildman–Crippen LogP) is 5.81. The van der Waals surface area contributed by atoms with E-state index in [0.717, 1.165) is 35.7 Å². The highest BCUT2D eigenvalue weighted by Gasteiger charge is 2.26. The molecule has 1 aromatic rings. The lowest BCUT2D eigenvalue weighted by Crippen LogP contribution is -2.29. The molecule has 0 aliphatic rings. The average molecular weight is 430 g/mol. The van der Waals surface area contributed by atoms with Crippen LogP contribution in [0.25, 0.3) is 0 Å². The summed E-state index contributed by atoms with van der Waals surface area (Å²) in [4.78, 5) is 12.6. The number of aliphatic hydroxyl groups excluding tert-OH is 1. The molecule has 0 saturated heterocycles. The summed E-state index contributed by atoms with van der Waals surface area (Å²) >= 11 is 2.29. The third-order valence-electron chi connectivity index (χ3n) is 4.38. The first kappa shape index (κ1) is 20.6. The normalized spacial score (nSPS) is 13.7. The van der Waals surface area contributed by atoms with Crippen molar-refractivity contribution >= 4 is 28.4 Å². The summed E-state index contributed by atoms with van der Waals surface area (Å²) < 4.78 is 0.898. The van der Waals surface area contributed by atoms with Crippen molar-refractivity contribution in [3.05, 3.63) is 35.9 Å². The molecule has 1 aromatic carbocycles. The van der Waals surface area contributed by atoms with Gasteiger partial charge < -0.3 is 5.11 Å². The Balaban J connectivity index is 2.39. The Morgan fingerprint density at radius 1 is 1.00 bits per heavy atom. The molecule has 0 spiro atoms. The van der Waals surface area contributed by atoms with E-state index in [0.29, 0.717) is 0 Å². The van der Waals surface area contributed by atoms with Crippen LogP contribution in [0.4, 0.5) is 0 Å². The van der Waals surface area contributed by atoms with Crippen molar-refractivity contribution in [3.63, 3.8) is 0 Å². The van der Waals surface area contributed by atoms with E-state index in [9.17, 15) is 9.90 Å². The fourth-order valence-electron chi connectivity index (χ4n) is 2.94. The number of Topliss-reactive ketones (excluding diaryl/α,β-unsaturated/α-hetero) is 1. The number of unbranched alkanes of at least 4 members (excludes halogenated alkanes) is 6. The zero-order valence-corrected chi connectivity index (χ0v) is 16.5. The van der Waals surface area contributed by atoms with Gasteiger partial charge in [-0.2, -0.15) is 0 Å². The van der Waals surface area contributed by atoms with Crippen LogP contribution in [0.2, 0.25) is 0 Å². The zero-order valence-electron chi connectivity index (χ0n) is 14.3. The molecule has 2 nitrogen and oxygen atoms in total. The molecule has 2 atom stereocenters. The molecule has 1 N–H and O–H groups in total. The van der Waals surface area contributed by atoms with Crippen LogP contribution in [-0.2, 0) is 0 Å². The van der Waals surface area contributed by atoms with Gasteiger partial charge >= 0.3 is 0 Å². The van der Waals surface area contributed by atoms with Gasteiger partial charge in [0, 0.05) is 15.9 Å². The van der Waals surface area contributed by atoms with Crippen LogP contribution >= 0.6 is 22.6 Å². The molecule has 0 bridgehead atoms. The summed E-state index contributed by atoms with van der Waals surface area (Å²) in [6.07, 6.45) is 9.64. The highest BCUT2D eigenvalue weighted by Crippen LogP contribution is 2.22. The lowest BCUT2D eigenvalue weighted by molar-refractivity contribution is 0.0638. The maximum atomic E-state index is 12.6. The molecular formula is C20H31IO2. The van der Waals surface area contributed by atoms with E-state index in [1.807, 2.05) is 30.3 Å². The van der Waals surface area contributed by atoms with Crippen LogP contribution in [0.15, 0.2) is 30.3 Å². The molecule has 0 aliphatic heterocycles. The predicted molar refractivity (Wildman–Crippen MR) is 106 cm³/mol. The number of rotatable bonds is 13. The summed E-state index contributed by atoms with van der Waals surface area (Å²) in [6.45, 7) is 2.23. The molecule has 0 saturated carbocycles. The summed E-state index contributed by atoms with van der Waals surface area (Å²) in [6, 6.07) is 9.39. The molecule has 23 heavy (non-hydrogen) atoms. The van der Waals surface area contributed by atoms with Crippen molar-refractivity contribution in [1.82, 2.24) is 0 Å². The number of benzene rings is 1. The number of hydrogen-bond donors (Lipinski definition) is 1. The molecule has 0 aliphatic carbocycles. The molecule has 0 fully saturated rings. The standard InChI is InChI=1S/C20H31IO2/c1-2-3-4-5-6-7-11-14-19(22)18(15-16-21)20(23)17-12-9-8-10-13-17/h8-10,12-13,18-19,22H,2-7,11,14-16H2,1H3/t18-,19+/m1/s1. The van der Waals surface area contributed by atoms with Gasteiger partial charge in [0.1, 0.15) is 0 Å². The molecule has 0 heterocycles. The summed E-state index contributed by atoms with van der Waals surface area (Å²) in [5, 5.41) is 10.5. The number of aliphatic hydroxyl groups is 1. The molecular weight excluding hydrogens is 399 g/mol. The fraction of sp³-hybridized carbons (Fsp3) is 0.650. The van der Waals surface area contributed by atoms with Gasteiger partial charge in [0.05, 0.1) is 6.10 Å². The smallest absolute Gasteiger partial charge is 0.168 e. The van der Waals surface area contributed by atoms with Crippen LogP contribution in [0.5, 0.6) is 0 Å². The minimum atomic E-state index is -0.506. The quantitative estimate of drug-likeness (QED) is 0.186. The van der Waals surface area contributed by atoms with Crippen molar-refractivity contribution in [2.45, 2.75) is 70.8 Å². The summed E-state index contributed by atoms with van der Waals surface area (Å²) in [5.41, 5.74) is 0.723. The molecule has 0 aromatic heterocycles. The topological polar surface area (TPSA) is 37.3 Å². The average Bonchev–Trinajstić information content (AvgIpc) is 2.59. The van der Waals surface area contributed by atoms with Crippen LogP contribution in [0, 0.1) is 5.92 Å². The maximum absolute atomic E-state index is 12.6. The van der Waals surface area contributed by atoms with Crippen molar-refractivity contribution < 1.29 is 9.90 Å². The maximum Gasteiger partial charge on any atom is 0.168 e. The van der Waals surface area contributed by atoms with Gasteiger partial charge in [0.15, 0.2) is 5.78 Å². The van der Waals surface area contributed by atoms with Gasteiger partial charge in [0.25, 0.3) is 0 Å². The number of carbonyl (C=O) groups is 1. The van der Waals surface area contributed by atoms with E-state index in [2.05, 4.69) is 29.5 Å². The number of halogens is 1.